The molecule has 0 aliphatic carbocycles. The van der Waals surface area contributed by atoms with E-state index in [1.165, 1.54) is 35.1 Å². The molecule has 0 saturated heterocycles. The van der Waals surface area contributed by atoms with E-state index in [1.807, 2.05) is 30.3 Å². The van der Waals surface area contributed by atoms with E-state index in [1.54, 1.807) is 44.2 Å². The maximum absolute atomic E-state index is 14.3. The van der Waals surface area contributed by atoms with Gasteiger partial charge in [0.25, 0.3) is 5.56 Å². The van der Waals surface area contributed by atoms with Crippen molar-refractivity contribution in [2.75, 3.05) is 13.7 Å². The van der Waals surface area contributed by atoms with Gasteiger partial charge in [0.1, 0.15) is 12.4 Å². The molecule has 10 heteroatoms. The fraction of sp³-hybridized carbons (Fsp3) is 0.194. The Hall–Kier alpha value is -4.21. The van der Waals surface area contributed by atoms with Crippen LogP contribution in [0, 0.1) is 5.82 Å². The van der Waals surface area contributed by atoms with Gasteiger partial charge < -0.3 is 14.2 Å². The van der Waals surface area contributed by atoms with Gasteiger partial charge in [-0.2, -0.15) is 0 Å². The Morgan fingerprint density at radius 2 is 1.90 bits per heavy atom. The highest BCUT2D eigenvalue weighted by molar-refractivity contribution is 7.07. The van der Waals surface area contributed by atoms with Crippen LogP contribution in [-0.4, -0.2) is 24.3 Å². The average Bonchev–Trinajstić information content (AvgIpc) is 3.26. The number of nitrogens with zero attached hydrogens (tertiary/aromatic N) is 2. The standard InChI is InChI=1S/C31H26ClFN2O5S/c1-4-39-30(37)27-18(2)34-31-35(28(27)20-9-6-5-7-10-20)29(36)26(41-31)16-19-13-14-24(38-3)25(15-19)40-17-21-22(32)11-8-12-23(21)33/h5-16,28H,4,17H2,1-3H3/b26-16-. The third kappa shape index (κ3) is 5.68. The van der Waals surface area contributed by atoms with E-state index in [9.17, 15) is 14.0 Å². The number of methoxy groups -OCH3 is 1. The minimum atomic E-state index is -0.686. The molecular weight excluding hydrogens is 567 g/mol. The number of esters is 1. The van der Waals surface area contributed by atoms with Crippen LogP contribution in [0.25, 0.3) is 6.08 Å². The van der Waals surface area contributed by atoms with Gasteiger partial charge in [0, 0.05) is 5.56 Å². The molecule has 41 heavy (non-hydrogen) atoms. The molecule has 0 radical (unpaired) electrons. The number of benzene rings is 3. The molecule has 0 saturated carbocycles. The highest BCUT2D eigenvalue weighted by Gasteiger charge is 2.33. The number of hydrogen-bond acceptors (Lipinski definition) is 7. The molecular formula is C31H26ClFN2O5S. The Balaban J connectivity index is 1.57. The van der Waals surface area contributed by atoms with Crippen molar-refractivity contribution in [2.45, 2.75) is 26.5 Å². The molecule has 1 atom stereocenters. The number of aromatic nitrogens is 1. The number of carbonyl (C=O) groups excluding carboxylic acids is 1. The zero-order valence-corrected chi connectivity index (χ0v) is 24.1. The fourth-order valence-corrected chi connectivity index (χ4v) is 5.87. The van der Waals surface area contributed by atoms with Gasteiger partial charge in [-0.05, 0) is 55.3 Å². The molecule has 7 nitrogen and oxygen atoms in total. The first-order valence-corrected chi connectivity index (χ1v) is 14.0. The van der Waals surface area contributed by atoms with Gasteiger partial charge >= 0.3 is 5.97 Å². The maximum Gasteiger partial charge on any atom is 0.338 e. The van der Waals surface area contributed by atoms with Crippen molar-refractivity contribution >= 4 is 35.0 Å². The predicted octanol–water partition coefficient (Wildman–Crippen LogP) is 5.18. The zero-order valence-electron chi connectivity index (χ0n) is 22.5. The van der Waals surface area contributed by atoms with Crippen LogP contribution < -0.4 is 24.4 Å². The Morgan fingerprint density at radius 3 is 2.61 bits per heavy atom. The molecule has 0 amide bonds. The van der Waals surface area contributed by atoms with Crippen LogP contribution >= 0.6 is 22.9 Å². The smallest absolute Gasteiger partial charge is 0.338 e. The quantitative estimate of drug-likeness (QED) is 0.264. The lowest BCUT2D eigenvalue weighted by atomic mass is 9.96. The van der Waals surface area contributed by atoms with Crippen molar-refractivity contribution in [1.29, 1.82) is 0 Å². The lowest BCUT2D eigenvalue weighted by Gasteiger charge is -2.24. The molecule has 0 bridgehead atoms. The lowest BCUT2D eigenvalue weighted by Crippen LogP contribution is -2.39. The van der Waals surface area contributed by atoms with Gasteiger partial charge in [-0.3, -0.25) is 9.36 Å². The number of rotatable bonds is 8. The summed E-state index contributed by atoms with van der Waals surface area (Å²) in [5.74, 6) is -0.186. The Labute approximate surface area is 244 Å². The SMILES string of the molecule is CCOC(=O)C1=C(C)N=c2s/c(=C\c3ccc(OC)c(OCc4c(F)cccc4Cl)c3)c(=O)n2C1c1ccccc1. The van der Waals surface area contributed by atoms with Gasteiger partial charge in [-0.1, -0.05) is 65.4 Å². The van der Waals surface area contributed by atoms with Gasteiger partial charge in [-0.25, -0.2) is 14.2 Å². The third-order valence-corrected chi connectivity index (χ3v) is 7.89. The Kier molecular flexibility index (Phi) is 8.37. The lowest BCUT2D eigenvalue weighted by molar-refractivity contribution is -0.139. The minimum absolute atomic E-state index is 0.111. The summed E-state index contributed by atoms with van der Waals surface area (Å²) in [6.45, 7) is 3.57. The minimum Gasteiger partial charge on any atom is -0.493 e. The number of ether oxygens (including phenoxy) is 3. The topological polar surface area (TPSA) is 79.1 Å². The van der Waals surface area contributed by atoms with Gasteiger partial charge in [-0.15, -0.1) is 0 Å². The number of carbonyl (C=O) groups is 1. The number of allylic oxidation sites excluding steroid dienone is 1. The first kappa shape index (κ1) is 28.3. The van der Waals surface area contributed by atoms with Gasteiger partial charge in [0.15, 0.2) is 16.3 Å². The molecule has 3 aromatic carbocycles. The number of hydrogen-bond donors (Lipinski definition) is 0. The second-order valence-electron chi connectivity index (χ2n) is 9.11. The summed E-state index contributed by atoms with van der Waals surface area (Å²) in [5, 5.41) is 0.256. The molecule has 1 aliphatic heterocycles. The summed E-state index contributed by atoms with van der Waals surface area (Å²) >= 11 is 7.37. The van der Waals surface area contributed by atoms with E-state index in [0.29, 0.717) is 37.7 Å². The summed E-state index contributed by atoms with van der Waals surface area (Å²) in [5.41, 5.74) is 2.17. The highest BCUT2D eigenvalue weighted by atomic mass is 35.5. The normalized spacial score (nSPS) is 14.9. The van der Waals surface area contributed by atoms with Crippen LogP contribution in [0.5, 0.6) is 11.5 Å². The van der Waals surface area contributed by atoms with Crippen molar-refractivity contribution in [3.63, 3.8) is 0 Å². The van der Waals surface area contributed by atoms with Crippen LogP contribution in [-0.2, 0) is 16.1 Å². The fourth-order valence-electron chi connectivity index (χ4n) is 4.61. The molecule has 0 N–H and O–H groups in total. The van der Waals surface area contributed by atoms with Crippen LogP contribution in [0.2, 0.25) is 5.02 Å². The van der Waals surface area contributed by atoms with Gasteiger partial charge in [0.2, 0.25) is 0 Å². The van der Waals surface area contributed by atoms with Crippen LogP contribution in [0.15, 0.2) is 87.8 Å². The highest BCUT2D eigenvalue weighted by Crippen LogP contribution is 2.32. The summed E-state index contributed by atoms with van der Waals surface area (Å²) in [6, 6.07) is 18.3. The molecule has 1 aromatic heterocycles. The first-order chi connectivity index (χ1) is 19.8. The van der Waals surface area contributed by atoms with Crippen LogP contribution in [0.3, 0.4) is 0 Å². The summed E-state index contributed by atoms with van der Waals surface area (Å²) in [4.78, 5) is 31.9. The molecule has 0 fully saturated rings. The van der Waals surface area contributed by atoms with Crippen molar-refractivity contribution in [2.24, 2.45) is 4.99 Å². The molecule has 4 aromatic rings. The van der Waals surface area contributed by atoms with Crippen molar-refractivity contribution < 1.29 is 23.4 Å². The number of fused-ring (bicyclic) bond motifs is 1. The molecule has 210 valence electrons. The van der Waals surface area contributed by atoms with E-state index >= 15 is 0 Å². The first-order valence-electron chi connectivity index (χ1n) is 12.8. The van der Waals surface area contributed by atoms with Crippen molar-refractivity contribution in [3.05, 3.63) is 125 Å². The van der Waals surface area contributed by atoms with Crippen molar-refractivity contribution in [1.82, 2.24) is 4.57 Å². The summed E-state index contributed by atoms with van der Waals surface area (Å²) in [6.07, 6.45) is 1.72. The second-order valence-corrected chi connectivity index (χ2v) is 10.5. The summed E-state index contributed by atoms with van der Waals surface area (Å²) < 4.78 is 32.9. The second kappa shape index (κ2) is 12.1. The number of thiazole rings is 1. The molecule has 1 aliphatic rings. The van der Waals surface area contributed by atoms with Gasteiger partial charge in [0.05, 0.1) is 40.6 Å². The zero-order chi connectivity index (χ0) is 29.1. The van der Waals surface area contributed by atoms with E-state index in [4.69, 9.17) is 25.8 Å². The third-order valence-electron chi connectivity index (χ3n) is 6.55. The van der Waals surface area contributed by atoms with E-state index in [0.717, 1.165) is 5.56 Å². The monoisotopic (exact) mass is 592 g/mol. The summed E-state index contributed by atoms with van der Waals surface area (Å²) in [7, 11) is 1.50. The predicted molar refractivity (Wildman–Crippen MR) is 156 cm³/mol. The van der Waals surface area contributed by atoms with E-state index < -0.39 is 17.8 Å². The average molecular weight is 593 g/mol. The Morgan fingerprint density at radius 1 is 1.12 bits per heavy atom. The molecule has 0 spiro atoms. The van der Waals surface area contributed by atoms with E-state index in [2.05, 4.69) is 4.99 Å². The van der Waals surface area contributed by atoms with E-state index in [-0.39, 0.29) is 29.4 Å². The van der Waals surface area contributed by atoms with Crippen molar-refractivity contribution in [3.8, 4) is 11.5 Å². The molecule has 2 heterocycles. The van der Waals surface area contributed by atoms with Crippen LogP contribution in [0.1, 0.15) is 36.6 Å². The van der Waals surface area contributed by atoms with Crippen LogP contribution in [0.4, 0.5) is 4.39 Å². The number of halogens is 2. The molecule has 1 unspecified atom stereocenters. The molecule has 5 rings (SSSR count). The Bertz CT molecular complexity index is 1810. The largest absolute Gasteiger partial charge is 0.493 e. The maximum atomic E-state index is 14.3.